The molecule has 16 heteroatoms. The van der Waals surface area contributed by atoms with Crippen molar-refractivity contribution in [3.63, 3.8) is 0 Å². The van der Waals surface area contributed by atoms with Gasteiger partial charge in [-0.05, 0) is 80.4 Å². The third-order valence-electron chi connectivity index (χ3n) is 6.27. The van der Waals surface area contributed by atoms with E-state index in [-0.39, 0.29) is 28.9 Å². The van der Waals surface area contributed by atoms with E-state index in [1.165, 1.54) is 35.4 Å². The number of urea groups is 1. The van der Waals surface area contributed by atoms with Crippen LogP contribution in [0.2, 0.25) is 0 Å². The number of carboxylic acids is 1. The first-order chi connectivity index (χ1) is 18.3. The molecular weight excluding hydrogens is 570 g/mol. The van der Waals surface area contributed by atoms with Crippen LogP contribution in [0.4, 0.5) is 36.8 Å². The lowest BCUT2D eigenvalue weighted by molar-refractivity contribution is -0.192. The van der Waals surface area contributed by atoms with E-state index in [4.69, 9.17) is 15.6 Å². The highest BCUT2D eigenvalue weighted by atomic mass is 32.2. The third kappa shape index (κ3) is 6.48. The van der Waals surface area contributed by atoms with Gasteiger partial charge < -0.3 is 15.7 Å². The molecule has 1 saturated heterocycles. The molecule has 1 aliphatic carbocycles. The number of hydrogen-bond donors (Lipinski definition) is 2. The highest BCUT2D eigenvalue weighted by Gasteiger charge is 2.53. The molecule has 2 aliphatic rings. The number of amides is 4. The second kappa shape index (κ2) is 10.6. The molecule has 0 unspecified atom stereocenters. The van der Waals surface area contributed by atoms with Crippen molar-refractivity contribution in [3.8, 4) is 0 Å². The van der Waals surface area contributed by atoms with Gasteiger partial charge in [-0.2, -0.15) is 26.3 Å². The highest BCUT2D eigenvalue weighted by Crippen LogP contribution is 2.47. The highest BCUT2D eigenvalue weighted by molar-refractivity contribution is 8.00. The molecule has 1 aromatic carbocycles. The van der Waals surface area contributed by atoms with Crippen LogP contribution >= 0.6 is 11.8 Å². The summed E-state index contributed by atoms with van der Waals surface area (Å²) in [7, 11) is 0. The van der Waals surface area contributed by atoms with Crippen molar-refractivity contribution in [2.45, 2.75) is 60.8 Å². The molecule has 1 aromatic heterocycles. The van der Waals surface area contributed by atoms with Crippen LogP contribution in [0.15, 0.2) is 47.5 Å². The standard InChI is InChI=1S/C22H21F3N4O3S.C2HF3O2/c1-20(2)18(31)29(14-3-5-15(6-4-14)33-22(23,24)25)19(32)28(20)12-13-7-10-27-16(11-13)21(8-9-21)17(26)30;3-2(4,5)1(6)7/h3-7,10-11H,8-9,12H2,1-2H3,(H2,26,30);(H,6,7). The summed E-state index contributed by atoms with van der Waals surface area (Å²) in [4.78, 5) is 53.6. The molecule has 0 bridgehead atoms. The minimum atomic E-state index is -5.08. The van der Waals surface area contributed by atoms with E-state index in [2.05, 4.69) is 4.98 Å². The average Bonchev–Trinajstić information content (AvgIpc) is 3.62. The van der Waals surface area contributed by atoms with Crippen LogP contribution in [0.25, 0.3) is 0 Å². The van der Waals surface area contributed by atoms with Crippen molar-refractivity contribution in [1.29, 1.82) is 0 Å². The number of carbonyl (C=O) groups excluding carboxylic acids is 3. The molecule has 3 N–H and O–H groups in total. The second-order valence-electron chi connectivity index (χ2n) is 9.41. The van der Waals surface area contributed by atoms with Gasteiger partial charge in [-0.25, -0.2) is 14.5 Å². The number of nitrogens with zero attached hydrogens (tertiary/aromatic N) is 3. The fourth-order valence-corrected chi connectivity index (χ4v) is 4.44. The Balaban J connectivity index is 0.000000559. The number of thioether (sulfide) groups is 1. The SMILES string of the molecule is CC1(C)C(=O)N(c2ccc(SC(F)(F)F)cc2)C(=O)N1Cc1ccnc(C2(C(N)=O)CC2)c1.O=C(O)C(F)(F)F. The molecule has 40 heavy (non-hydrogen) atoms. The van der Waals surface area contributed by atoms with E-state index in [9.17, 15) is 40.7 Å². The van der Waals surface area contributed by atoms with Crippen LogP contribution in [0.5, 0.6) is 0 Å². The minimum Gasteiger partial charge on any atom is -0.475 e. The molecule has 4 rings (SSSR count). The van der Waals surface area contributed by atoms with Crippen molar-refractivity contribution in [2.75, 3.05) is 4.90 Å². The van der Waals surface area contributed by atoms with Crippen LogP contribution in [-0.2, 0) is 26.3 Å². The predicted molar refractivity (Wildman–Crippen MR) is 129 cm³/mol. The summed E-state index contributed by atoms with van der Waals surface area (Å²) in [6.45, 7) is 3.30. The van der Waals surface area contributed by atoms with Crippen molar-refractivity contribution in [2.24, 2.45) is 5.73 Å². The van der Waals surface area contributed by atoms with Gasteiger partial charge in [0.05, 0.1) is 16.8 Å². The Morgan fingerprint density at radius 1 is 1.05 bits per heavy atom. The summed E-state index contributed by atoms with van der Waals surface area (Å²) in [6.07, 6.45) is -2.32. The van der Waals surface area contributed by atoms with E-state index >= 15 is 0 Å². The molecule has 1 aliphatic heterocycles. The minimum absolute atomic E-state index is 0.0470. The zero-order chi connectivity index (χ0) is 30.3. The number of nitrogens with two attached hydrogens (primary N) is 1. The lowest BCUT2D eigenvalue weighted by atomic mass is 9.98. The first kappa shape index (κ1) is 30.7. The smallest absolute Gasteiger partial charge is 0.475 e. The van der Waals surface area contributed by atoms with E-state index in [1.807, 2.05) is 0 Å². The third-order valence-corrected chi connectivity index (χ3v) is 7.01. The molecule has 1 saturated carbocycles. The van der Waals surface area contributed by atoms with Gasteiger partial charge in [0.2, 0.25) is 5.91 Å². The summed E-state index contributed by atoms with van der Waals surface area (Å²) >= 11 is -0.272. The number of halogens is 6. The number of hydrogen-bond acceptors (Lipinski definition) is 6. The van der Waals surface area contributed by atoms with Crippen LogP contribution in [0, 0.1) is 0 Å². The maximum absolute atomic E-state index is 13.2. The van der Waals surface area contributed by atoms with E-state index in [0.717, 1.165) is 4.90 Å². The molecule has 2 heterocycles. The quantitative estimate of drug-likeness (QED) is 0.285. The number of aromatic nitrogens is 1. The summed E-state index contributed by atoms with van der Waals surface area (Å²) in [5.74, 6) is -3.69. The van der Waals surface area contributed by atoms with Gasteiger partial charge in [0.25, 0.3) is 5.91 Å². The van der Waals surface area contributed by atoms with Gasteiger partial charge in [-0.3, -0.25) is 14.6 Å². The average molecular weight is 593 g/mol. The molecule has 0 radical (unpaired) electrons. The van der Waals surface area contributed by atoms with E-state index < -0.39 is 46.5 Å². The van der Waals surface area contributed by atoms with Crippen molar-refractivity contribution < 1.29 is 50.6 Å². The first-order valence-corrected chi connectivity index (χ1v) is 12.2. The van der Waals surface area contributed by atoms with Gasteiger partial charge in [0.1, 0.15) is 5.54 Å². The normalized spacial score (nSPS) is 17.8. The number of benzene rings is 1. The van der Waals surface area contributed by atoms with E-state index in [1.54, 1.807) is 26.0 Å². The Bertz CT molecular complexity index is 1330. The van der Waals surface area contributed by atoms with Crippen LogP contribution in [-0.4, -0.2) is 56.0 Å². The summed E-state index contributed by atoms with van der Waals surface area (Å²) in [5.41, 5.74) is 0.532. The molecule has 216 valence electrons. The zero-order valence-electron chi connectivity index (χ0n) is 20.8. The van der Waals surface area contributed by atoms with Gasteiger partial charge in [-0.15, -0.1) is 0 Å². The number of primary amides is 1. The number of imide groups is 1. The maximum atomic E-state index is 13.2. The van der Waals surface area contributed by atoms with Crippen molar-refractivity contribution in [1.82, 2.24) is 9.88 Å². The molecule has 4 amide bonds. The molecule has 2 aromatic rings. The Kier molecular flexibility index (Phi) is 8.16. The predicted octanol–water partition coefficient (Wildman–Crippen LogP) is 4.59. The van der Waals surface area contributed by atoms with Gasteiger partial charge in [0.15, 0.2) is 0 Å². The molecule has 9 nitrogen and oxygen atoms in total. The number of rotatable bonds is 6. The maximum Gasteiger partial charge on any atom is 0.490 e. The summed E-state index contributed by atoms with van der Waals surface area (Å²) in [6, 6.07) is 7.90. The number of anilines is 1. The number of pyridine rings is 1. The van der Waals surface area contributed by atoms with Gasteiger partial charge in [-0.1, -0.05) is 0 Å². The van der Waals surface area contributed by atoms with Crippen molar-refractivity contribution >= 4 is 41.3 Å². The van der Waals surface area contributed by atoms with Crippen LogP contribution in [0.3, 0.4) is 0 Å². The summed E-state index contributed by atoms with van der Waals surface area (Å²) < 4.78 is 69.5. The number of aliphatic carboxylic acids is 1. The molecule has 0 spiro atoms. The zero-order valence-corrected chi connectivity index (χ0v) is 21.7. The lowest BCUT2D eigenvalue weighted by Gasteiger charge is -2.28. The molecule has 2 fully saturated rings. The van der Waals surface area contributed by atoms with Gasteiger partial charge in [0, 0.05) is 17.6 Å². The Hall–Kier alpha value is -3.82. The van der Waals surface area contributed by atoms with Crippen LogP contribution in [0.1, 0.15) is 37.9 Å². The fourth-order valence-electron chi connectivity index (χ4n) is 3.90. The lowest BCUT2D eigenvalue weighted by Crippen LogP contribution is -2.43. The Morgan fingerprint density at radius 3 is 2.05 bits per heavy atom. The Labute approximate surface area is 227 Å². The summed E-state index contributed by atoms with van der Waals surface area (Å²) in [5, 5.41) is 7.12. The van der Waals surface area contributed by atoms with Crippen molar-refractivity contribution in [3.05, 3.63) is 53.9 Å². The molecule has 0 atom stereocenters. The monoisotopic (exact) mass is 592 g/mol. The second-order valence-corrected chi connectivity index (χ2v) is 10.5. The number of alkyl halides is 6. The topological polar surface area (TPSA) is 134 Å². The van der Waals surface area contributed by atoms with Gasteiger partial charge >= 0.3 is 23.7 Å². The first-order valence-electron chi connectivity index (χ1n) is 11.4. The van der Waals surface area contributed by atoms with E-state index in [0.29, 0.717) is 24.1 Å². The molecular formula is C24H22F6N4O5S. The van der Waals surface area contributed by atoms with Crippen LogP contribution < -0.4 is 10.6 Å². The largest absolute Gasteiger partial charge is 0.490 e. The number of carboxylic acid groups (broad SMARTS) is 1. The Morgan fingerprint density at radius 2 is 1.60 bits per heavy atom. The number of carbonyl (C=O) groups is 4. The fraction of sp³-hybridized carbons (Fsp3) is 0.375.